The van der Waals surface area contributed by atoms with Crippen molar-refractivity contribution in [2.24, 2.45) is 0 Å². The van der Waals surface area contributed by atoms with E-state index < -0.39 is 11.9 Å². The third-order valence-corrected chi connectivity index (χ3v) is 2.82. The second-order valence-electron chi connectivity index (χ2n) is 4.03. The fraction of sp³-hybridized carbons (Fsp3) is 0. The van der Waals surface area contributed by atoms with Crippen LogP contribution in [0.2, 0.25) is 0 Å². The first-order valence-corrected chi connectivity index (χ1v) is 5.64. The molecular weight excluding hydrogens is 258 g/mol. The molecule has 98 valence electrons. The normalized spacial score (nSPS) is 9.75. The molecule has 2 rings (SSSR count). The van der Waals surface area contributed by atoms with Crippen molar-refractivity contribution in [3.8, 4) is 17.2 Å². The zero-order valence-corrected chi connectivity index (χ0v) is 10.2. The molecule has 0 aliphatic heterocycles. The number of nitrogens with zero attached hydrogens (tertiary/aromatic N) is 1. The van der Waals surface area contributed by atoms with Crippen LogP contribution >= 0.6 is 0 Å². The molecule has 5 heteroatoms. The van der Waals surface area contributed by atoms with E-state index in [-0.39, 0.29) is 16.7 Å². The molecule has 0 saturated carbocycles. The number of carboxylic acid groups (broad SMARTS) is 2. The van der Waals surface area contributed by atoms with Crippen LogP contribution in [0, 0.1) is 11.3 Å². The lowest BCUT2D eigenvalue weighted by Crippen LogP contribution is -2.08. The maximum absolute atomic E-state index is 11.2. The van der Waals surface area contributed by atoms with Crippen LogP contribution in [0.4, 0.5) is 0 Å². The van der Waals surface area contributed by atoms with E-state index in [1.807, 2.05) is 0 Å². The summed E-state index contributed by atoms with van der Waals surface area (Å²) in [5.41, 5.74) is 0.156. The first-order chi connectivity index (χ1) is 9.54. The molecule has 0 fully saturated rings. The Morgan fingerprint density at radius 3 is 1.80 bits per heavy atom. The van der Waals surface area contributed by atoms with Gasteiger partial charge in [-0.05, 0) is 23.3 Å². The summed E-state index contributed by atoms with van der Waals surface area (Å²) in [6, 6.07) is 13.0. The van der Waals surface area contributed by atoms with Crippen molar-refractivity contribution < 1.29 is 19.8 Å². The van der Waals surface area contributed by atoms with E-state index in [1.54, 1.807) is 36.4 Å². The van der Waals surface area contributed by atoms with Gasteiger partial charge in [0.1, 0.15) is 6.07 Å². The Morgan fingerprint density at radius 1 is 0.900 bits per heavy atom. The summed E-state index contributed by atoms with van der Waals surface area (Å²) < 4.78 is 0. The van der Waals surface area contributed by atoms with Crippen molar-refractivity contribution in [1.29, 1.82) is 5.26 Å². The summed E-state index contributed by atoms with van der Waals surface area (Å²) in [6.45, 7) is 0. The molecule has 0 aliphatic carbocycles. The predicted molar refractivity (Wildman–Crippen MR) is 70.5 cm³/mol. The van der Waals surface area contributed by atoms with Crippen molar-refractivity contribution in [1.82, 2.24) is 0 Å². The average molecular weight is 267 g/mol. The van der Waals surface area contributed by atoms with E-state index in [0.29, 0.717) is 11.1 Å². The van der Waals surface area contributed by atoms with Crippen LogP contribution in [-0.4, -0.2) is 22.2 Å². The summed E-state index contributed by atoms with van der Waals surface area (Å²) in [5, 5.41) is 27.2. The maximum Gasteiger partial charge on any atom is 0.337 e. The van der Waals surface area contributed by atoms with E-state index >= 15 is 0 Å². The molecule has 2 N–H and O–H groups in total. The number of hydrogen-bond acceptors (Lipinski definition) is 3. The lowest BCUT2D eigenvalue weighted by molar-refractivity contribution is 0.0696. The second kappa shape index (κ2) is 5.24. The van der Waals surface area contributed by atoms with Crippen LogP contribution < -0.4 is 0 Å². The highest BCUT2D eigenvalue weighted by Crippen LogP contribution is 2.25. The summed E-state index contributed by atoms with van der Waals surface area (Å²) >= 11 is 0. The SMILES string of the molecule is N#Cc1c(C(=O)O)cc(-c2ccccc2)cc1C(=O)O. The fourth-order valence-corrected chi connectivity index (χ4v) is 1.90. The first kappa shape index (κ1) is 13.3. The van der Waals surface area contributed by atoms with Gasteiger partial charge in [0.15, 0.2) is 0 Å². The number of aromatic carboxylic acids is 2. The highest BCUT2D eigenvalue weighted by molar-refractivity contribution is 6.00. The van der Waals surface area contributed by atoms with Gasteiger partial charge in [0.05, 0.1) is 16.7 Å². The molecule has 0 radical (unpaired) electrons. The lowest BCUT2D eigenvalue weighted by atomic mass is 9.95. The minimum Gasteiger partial charge on any atom is -0.478 e. The molecule has 0 unspecified atom stereocenters. The number of rotatable bonds is 3. The topological polar surface area (TPSA) is 98.4 Å². The smallest absolute Gasteiger partial charge is 0.337 e. The van der Waals surface area contributed by atoms with Gasteiger partial charge >= 0.3 is 11.9 Å². The van der Waals surface area contributed by atoms with Crippen molar-refractivity contribution in [2.75, 3.05) is 0 Å². The maximum atomic E-state index is 11.2. The quantitative estimate of drug-likeness (QED) is 0.890. The van der Waals surface area contributed by atoms with E-state index in [0.717, 1.165) is 0 Å². The van der Waals surface area contributed by atoms with Crippen molar-refractivity contribution in [3.05, 3.63) is 59.2 Å². The van der Waals surface area contributed by atoms with Crippen molar-refractivity contribution in [2.45, 2.75) is 0 Å². The molecule has 5 nitrogen and oxygen atoms in total. The number of carboxylic acids is 2. The van der Waals surface area contributed by atoms with Gasteiger partial charge in [-0.25, -0.2) is 9.59 Å². The standard InChI is InChI=1S/C15H9NO4/c16-8-13-11(14(17)18)6-10(7-12(13)15(19)20)9-4-2-1-3-5-9/h1-7H,(H,17,18)(H,19,20). The van der Waals surface area contributed by atoms with Gasteiger partial charge in [-0.3, -0.25) is 0 Å². The lowest BCUT2D eigenvalue weighted by Gasteiger charge is -2.08. The number of nitriles is 1. The molecular formula is C15H9NO4. The molecule has 0 aromatic heterocycles. The first-order valence-electron chi connectivity index (χ1n) is 5.64. The van der Waals surface area contributed by atoms with Crippen LogP contribution in [0.25, 0.3) is 11.1 Å². The summed E-state index contributed by atoms with van der Waals surface area (Å²) in [5.74, 6) is -2.66. The summed E-state index contributed by atoms with van der Waals surface area (Å²) in [7, 11) is 0. The fourth-order valence-electron chi connectivity index (χ4n) is 1.90. The molecule has 20 heavy (non-hydrogen) atoms. The Bertz CT molecular complexity index is 694. The van der Waals surface area contributed by atoms with Crippen LogP contribution in [0.3, 0.4) is 0 Å². The Balaban J connectivity index is 2.77. The monoisotopic (exact) mass is 267 g/mol. The summed E-state index contributed by atoms with van der Waals surface area (Å²) in [4.78, 5) is 22.4. The Kier molecular flexibility index (Phi) is 3.49. The molecule has 0 bridgehead atoms. The Hall–Kier alpha value is -3.13. The highest BCUT2D eigenvalue weighted by atomic mass is 16.4. The molecule has 0 atom stereocenters. The molecule has 0 heterocycles. The van der Waals surface area contributed by atoms with Crippen molar-refractivity contribution in [3.63, 3.8) is 0 Å². The van der Waals surface area contributed by atoms with Crippen LogP contribution in [0.5, 0.6) is 0 Å². The molecule has 2 aromatic rings. The number of hydrogen-bond donors (Lipinski definition) is 2. The minimum absolute atomic E-state index is 0.314. The van der Waals surface area contributed by atoms with Crippen LogP contribution in [0.1, 0.15) is 26.3 Å². The van der Waals surface area contributed by atoms with E-state index in [9.17, 15) is 9.59 Å². The van der Waals surface area contributed by atoms with Crippen molar-refractivity contribution >= 4 is 11.9 Å². The minimum atomic E-state index is -1.33. The second-order valence-corrected chi connectivity index (χ2v) is 4.03. The van der Waals surface area contributed by atoms with Gasteiger partial charge < -0.3 is 10.2 Å². The molecule has 0 aliphatic rings. The van der Waals surface area contributed by atoms with E-state index in [4.69, 9.17) is 15.5 Å². The third-order valence-electron chi connectivity index (χ3n) is 2.82. The van der Waals surface area contributed by atoms with Gasteiger partial charge in [-0.15, -0.1) is 0 Å². The average Bonchev–Trinajstić information content (AvgIpc) is 2.46. The zero-order chi connectivity index (χ0) is 14.7. The number of benzene rings is 2. The molecule has 0 saturated heterocycles. The Labute approximate surface area is 114 Å². The van der Waals surface area contributed by atoms with E-state index in [2.05, 4.69) is 0 Å². The summed E-state index contributed by atoms with van der Waals surface area (Å²) in [6.07, 6.45) is 0. The predicted octanol–water partition coefficient (Wildman–Crippen LogP) is 2.62. The van der Waals surface area contributed by atoms with Crippen LogP contribution in [-0.2, 0) is 0 Å². The molecule has 0 spiro atoms. The van der Waals surface area contributed by atoms with Gasteiger partial charge in [0.2, 0.25) is 0 Å². The third kappa shape index (κ3) is 2.35. The van der Waals surface area contributed by atoms with Gasteiger partial charge in [0.25, 0.3) is 0 Å². The van der Waals surface area contributed by atoms with E-state index in [1.165, 1.54) is 12.1 Å². The Morgan fingerprint density at radius 2 is 1.40 bits per heavy atom. The van der Waals surface area contributed by atoms with Gasteiger partial charge in [-0.1, -0.05) is 30.3 Å². The zero-order valence-electron chi connectivity index (χ0n) is 10.2. The number of carbonyl (C=O) groups is 2. The van der Waals surface area contributed by atoms with Gasteiger partial charge in [-0.2, -0.15) is 5.26 Å². The van der Waals surface area contributed by atoms with Crippen LogP contribution in [0.15, 0.2) is 42.5 Å². The van der Waals surface area contributed by atoms with Gasteiger partial charge in [0, 0.05) is 0 Å². The molecule has 2 aromatic carbocycles. The molecule has 0 amide bonds. The largest absolute Gasteiger partial charge is 0.478 e. The highest BCUT2D eigenvalue weighted by Gasteiger charge is 2.20.